The van der Waals surface area contributed by atoms with Gasteiger partial charge in [0.1, 0.15) is 12.4 Å². The van der Waals surface area contributed by atoms with E-state index in [1.54, 1.807) is 29.0 Å². The van der Waals surface area contributed by atoms with E-state index in [0.29, 0.717) is 36.2 Å². The summed E-state index contributed by atoms with van der Waals surface area (Å²) in [4.78, 5) is 26.2. The van der Waals surface area contributed by atoms with Crippen molar-refractivity contribution in [2.75, 3.05) is 31.6 Å². The number of carbonyl (C=O) groups is 2. The first-order valence-corrected chi connectivity index (χ1v) is 6.55. The summed E-state index contributed by atoms with van der Waals surface area (Å²) in [5.41, 5.74) is 1.50. The summed E-state index contributed by atoms with van der Waals surface area (Å²) < 4.78 is 0. The summed E-state index contributed by atoms with van der Waals surface area (Å²) in [5.74, 6) is 0.0147. The maximum Gasteiger partial charge on any atom is 0.242 e. The van der Waals surface area contributed by atoms with Gasteiger partial charge in [0.15, 0.2) is 0 Å². The largest absolute Gasteiger partial charge is 0.364 e. The van der Waals surface area contributed by atoms with Crippen LogP contribution in [-0.4, -0.2) is 43.8 Å². The molecule has 1 aromatic rings. The quantitative estimate of drug-likeness (QED) is 0.740. The molecule has 106 valence electrons. The molecule has 5 heteroatoms. The highest BCUT2D eigenvalue weighted by atomic mass is 16.2. The van der Waals surface area contributed by atoms with Crippen molar-refractivity contribution in [2.45, 2.75) is 13.8 Å². The minimum Gasteiger partial charge on any atom is -0.364 e. The van der Waals surface area contributed by atoms with Crippen LogP contribution in [0.1, 0.15) is 29.8 Å². The molecule has 0 atom stereocenters. The predicted octanol–water partition coefficient (Wildman–Crippen LogP) is 1.68. The Morgan fingerprint density at radius 2 is 2.00 bits per heavy atom. The Hall–Kier alpha value is -2.35. The van der Waals surface area contributed by atoms with Crippen molar-refractivity contribution in [3.8, 4) is 6.07 Å². The fraction of sp³-hybridized carbons (Fsp3) is 0.400. The second-order valence-corrected chi connectivity index (χ2v) is 4.43. The van der Waals surface area contributed by atoms with Crippen LogP contribution < -0.4 is 4.90 Å². The molecule has 0 unspecified atom stereocenters. The van der Waals surface area contributed by atoms with Gasteiger partial charge in [0.05, 0.1) is 17.8 Å². The normalized spacial score (nSPS) is 9.70. The molecule has 0 radical (unpaired) electrons. The molecule has 0 N–H and O–H groups in total. The van der Waals surface area contributed by atoms with E-state index in [9.17, 15) is 9.59 Å². The van der Waals surface area contributed by atoms with Crippen molar-refractivity contribution in [3.63, 3.8) is 0 Å². The smallest absolute Gasteiger partial charge is 0.242 e. The third kappa shape index (κ3) is 3.58. The highest BCUT2D eigenvalue weighted by Gasteiger charge is 2.15. The van der Waals surface area contributed by atoms with Crippen molar-refractivity contribution >= 4 is 17.9 Å². The van der Waals surface area contributed by atoms with Gasteiger partial charge in [0.25, 0.3) is 0 Å². The molecule has 0 aliphatic heterocycles. The molecule has 0 fully saturated rings. The molecule has 0 aliphatic carbocycles. The first-order valence-electron chi connectivity index (χ1n) is 6.55. The van der Waals surface area contributed by atoms with Crippen LogP contribution in [0.2, 0.25) is 0 Å². The minimum absolute atomic E-state index is 0.0147. The van der Waals surface area contributed by atoms with Crippen LogP contribution in [0, 0.1) is 11.3 Å². The molecular weight excluding hydrogens is 254 g/mol. The van der Waals surface area contributed by atoms with Crippen molar-refractivity contribution < 1.29 is 9.59 Å². The molecule has 0 heterocycles. The highest BCUT2D eigenvalue weighted by molar-refractivity contribution is 5.83. The minimum atomic E-state index is 0.0147. The zero-order valence-electron chi connectivity index (χ0n) is 12.1. The molecule has 1 rings (SSSR count). The number of likely N-dealkylation sites (N-methyl/N-ethyl adjacent to an activating group) is 2. The van der Waals surface area contributed by atoms with Gasteiger partial charge in [-0.15, -0.1) is 0 Å². The molecule has 0 spiro atoms. The molecule has 20 heavy (non-hydrogen) atoms. The number of aldehydes is 1. The number of nitriles is 1. The van der Waals surface area contributed by atoms with Gasteiger partial charge in [-0.25, -0.2) is 0 Å². The first kappa shape index (κ1) is 15.7. The lowest BCUT2D eigenvalue weighted by molar-refractivity contribution is -0.129. The predicted molar refractivity (Wildman–Crippen MR) is 77.7 cm³/mol. The van der Waals surface area contributed by atoms with Crippen LogP contribution in [0.5, 0.6) is 0 Å². The summed E-state index contributed by atoms with van der Waals surface area (Å²) in [6.45, 7) is 5.40. The third-order valence-electron chi connectivity index (χ3n) is 3.18. The summed E-state index contributed by atoms with van der Waals surface area (Å²) in [5, 5.41) is 9.13. The van der Waals surface area contributed by atoms with E-state index in [4.69, 9.17) is 5.26 Å². The maximum absolute atomic E-state index is 12.1. The molecule has 1 aromatic carbocycles. The number of nitrogens with zero attached hydrogens (tertiary/aromatic N) is 3. The Balaban J connectivity index is 2.93. The second-order valence-electron chi connectivity index (χ2n) is 4.43. The van der Waals surface area contributed by atoms with E-state index in [-0.39, 0.29) is 12.5 Å². The van der Waals surface area contributed by atoms with Gasteiger partial charge in [-0.3, -0.25) is 9.59 Å². The lowest BCUT2D eigenvalue weighted by Gasteiger charge is -2.25. The van der Waals surface area contributed by atoms with Crippen LogP contribution in [0.3, 0.4) is 0 Å². The van der Waals surface area contributed by atoms with Crippen LogP contribution >= 0.6 is 0 Å². The number of anilines is 1. The van der Waals surface area contributed by atoms with E-state index in [1.165, 1.54) is 6.07 Å². The molecule has 5 nitrogen and oxygen atoms in total. The summed E-state index contributed by atoms with van der Waals surface area (Å²) in [6.07, 6.45) is 0.700. The zero-order chi connectivity index (χ0) is 15.1. The Morgan fingerprint density at radius 3 is 2.50 bits per heavy atom. The van der Waals surface area contributed by atoms with Gasteiger partial charge >= 0.3 is 0 Å². The summed E-state index contributed by atoms with van der Waals surface area (Å²) in [7, 11) is 1.76. The molecular formula is C15H19N3O2. The number of carbonyl (C=O) groups excluding carboxylic acids is 2. The fourth-order valence-corrected chi connectivity index (χ4v) is 2.01. The Bertz CT molecular complexity index is 530. The Morgan fingerprint density at radius 1 is 1.35 bits per heavy atom. The first-order chi connectivity index (χ1) is 9.57. The molecule has 1 amide bonds. The van der Waals surface area contributed by atoms with Gasteiger partial charge in [0.2, 0.25) is 5.91 Å². The Labute approximate surface area is 119 Å². The van der Waals surface area contributed by atoms with Crippen LogP contribution in [0.15, 0.2) is 18.2 Å². The highest BCUT2D eigenvalue weighted by Crippen LogP contribution is 2.19. The van der Waals surface area contributed by atoms with Crippen molar-refractivity contribution in [1.82, 2.24) is 4.90 Å². The van der Waals surface area contributed by atoms with Gasteiger partial charge in [-0.2, -0.15) is 5.26 Å². The average Bonchev–Trinajstić information content (AvgIpc) is 2.47. The fourth-order valence-electron chi connectivity index (χ4n) is 2.01. The van der Waals surface area contributed by atoms with Crippen LogP contribution in [0.25, 0.3) is 0 Å². The topological polar surface area (TPSA) is 64.4 Å². The molecule has 0 saturated heterocycles. The standard InChI is InChI=1S/C15H19N3O2/c1-4-18(5-2)15(20)10-17(3)14-7-6-12(11-19)8-13(14)9-16/h6-8,11H,4-5,10H2,1-3H3. The van der Waals surface area contributed by atoms with E-state index in [1.807, 2.05) is 13.8 Å². The van der Waals surface area contributed by atoms with Crippen molar-refractivity contribution in [3.05, 3.63) is 29.3 Å². The average molecular weight is 273 g/mol. The molecule has 0 bridgehead atoms. The monoisotopic (exact) mass is 273 g/mol. The van der Waals surface area contributed by atoms with Crippen molar-refractivity contribution in [1.29, 1.82) is 5.26 Å². The van der Waals surface area contributed by atoms with E-state index in [0.717, 1.165) is 0 Å². The van der Waals surface area contributed by atoms with E-state index >= 15 is 0 Å². The summed E-state index contributed by atoms with van der Waals surface area (Å²) in [6, 6.07) is 6.92. The van der Waals surface area contributed by atoms with Crippen molar-refractivity contribution in [2.24, 2.45) is 0 Å². The number of rotatable bonds is 6. The summed E-state index contributed by atoms with van der Waals surface area (Å²) >= 11 is 0. The van der Waals surface area contributed by atoms with Gasteiger partial charge in [-0.05, 0) is 32.0 Å². The number of benzene rings is 1. The van der Waals surface area contributed by atoms with Gasteiger partial charge < -0.3 is 9.80 Å². The SMILES string of the molecule is CCN(CC)C(=O)CN(C)c1ccc(C=O)cc1C#N. The lowest BCUT2D eigenvalue weighted by atomic mass is 10.1. The van der Waals surface area contributed by atoms with Crippen LogP contribution in [-0.2, 0) is 4.79 Å². The molecule has 0 aromatic heterocycles. The number of hydrogen-bond donors (Lipinski definition) is 0. The molecule has 0 aliphatic rings. The maximum atomic E-state index is 12.1. The number of hydrogen-bond acceptors (Lipinski definition) is 4. The van der Waals surface area contributed by atoms with Gasteiger partial charge in [-0.1, -0.05) is 0 Å². The van der Waals surface area contributed by atoms with Crippen LogP contribution in [0.4, 0.5) is 5.69 Å². The number of amides is 1. The van der Waals surface area contributed by atoms with Gasteiger partial charge in [0, 0.05) is 25.7 Å². The third-order valence-corrected chi connectivity index (χ3v) is 3.18. The zero-order valence-corrected chi connectivity index (χ0v) is 12.1. The Kier molecular flexibility index (Phi) is 5.73. The van der Waals surface area contributed by atoms with E-state index < -0.39 is 0 Å². The lowest BCUT2D eigenvalue weighted by Crippen LogP contribution is -2.39. The second kappa shape index (κ2) is 7.29. The van der Waals surface area contributed by atoms with E-state index in [2.05, 4.69) is 6.07 Å². The molecule has 0 saturated carbocycles.